The number of amides is 1. The van der Waals surface area contributed by atoms with Gasteiger partial charge in [-0.15, -0.1) is 0 Å². The summed E-state index contributed by atoms with van der Waals surface area (Å²) in [6, 6.07) is 4.67. The number of carbonyl (C=O) groups excluding carboxylic acids is 1. The van der Waals surface area contributed by atoms with E-state index in [9.17, 15) is 22.8 Å². The number of alkyl halides is 3. The Kier molecular flexibility index (Phi) is 9.83. The molecule has 43 heavy (non-hydrogen) atoms. The van der Waals surface area contributed by atoms with Gasteiger partial charge >= 0.3 is 12.1 Å². The minimum absolute atomic E-state index is 0.0284. The number of fused-ring (bicyclic) bond motifs is 3. The molecule has 2 unspecified atom stereocenters. The number of aliphatic carboxylic acids is 1. The van der Waals surface area contributed by atoms with Crippen LogP contribution in [0.4, 0.5) is 18.9 Å². The molecule has 9 nitrogen and oxygen atoms in total. The number of carbonyl (C=O) groups is 2. The number of benzene rings is 1. The van der Waals surface area contributed by atoms with Crippen LogP contribution in [0.25, 0.3) is 0 Å². The number of nitrogens with zero attached hydrogens (tertiary/aromatic N) is 3. The van der Waals surface area contributed by atoms with E-state index in [4.69, 9.17) is 30.9 Å². The maximum absolute atomic E-state index is 14.4. The number of methoxy groups -OCH3 is 1. The smallest absolute Gasteiger partial charge is 0.438 e. The maximum Gasteiger partial charge on any atom is 0.438 e. The summed E-state index contributed by atoms with van der Waals surface area (Å²) in [5, 5.41) is 9.45. The third kappa shape index (κ3) is 6.79. The average Bonchev–Trinajstić information content (AvgIpc) is 3.36. The van der Waals surface area contributed by atoms with E-state index in [1.54, 1.807) is 23.1 Å². The molecular weight excluding hydrogens is 706 g/mol. The molecule has 0 saturated carbocycles. The van der Waals surface area contributed by atoms with Crippen LogP contribution in [-0.2, 0) is 23.8 Å². The molecule has 3 heterocycles. The van der Waals surface area contributed by atoms with Gasteiger partial charge in [0, 0.05) is 43.1 Å². The third-order valence-corrected chi connectivity index (χ3v) is 10.5. The van der Waals surface area contributed by atoms with Gasteiger partial charge < -0.3 is 24.2 Å². The number of hydrogen-bond donors (Lipinski definition) is 1. The summed E-state index contributed by atoms with van der Waals surface area (Å²) in [6.45, 7) is 2.96. The Morgan fingerprint density at radius 3 is 2.63 bits per heavy atom. The quantitative estimate of drug-likeness (QED) is 0.337. The molecular formula is C29H32ClF3IN3O6. The molecule has 3 aliphatic heterocycles. The van der Waals surface area contributed by atoms with Gasteiger partial charge in [-0.2, -0.15) is 13.2 Å². The molecule has 5 rings (SSSR count). The van der Waals surface area contributed by atoms with Crippen molar-refractivity contribution in [1.29, 1.82) is 0 Å². The van der Waals surface area contributed by atoms with Gasteiger partial charge in [-0.1, -0.05) is 23.8 Å². The summed E-state index contributed by atoms with van der Waals surface area (Å²) in [6.07, 6.45) is -0.886. The highest BCUT2D eigenvalue weighted by molar-refractivity contribution is 14.2. The van der Waals surface area contributed by atoms with Crippen LogP contribution in [0, 0.1) is 11.8 Å². The fraction of sp³-hybridized carbons (Fsp3) is 0.517. The SMILES string of the molecule is CCOC1=CC=CC([C@H]2O[C@H](CC(=O)N3CCC(CC(=O)O)CC3)C3=NI=C(C(F)(F)F)N3c3ccc(Cl)cc32)C1OC. The lowest BCUT2D eigenvalue weighted by molar-refractivity contribution is -0.139. The van der Waals surface area contributed by atoms with Crippen molar-refractivity contribution in [2.24, 2.45) is 15.0 Å². The van der Waals surface area contributed by atoms with Crippen LogP contribution >= 0.6 is 32.6 Å². The van der Waals surface area contributed by atoms with E-state index >= 15 is 0 Å². The molecule has 0 bridgehead atoms. The molecule has 234 valence electrons. The number of ether oxygens (including phenoxy) is 3. The highest BCUT2D eigenvalue weighted by Gasteiger charge is 2.50. The van der Waals surface area contributed by atoms with E-state index < -0.39 is 61.0 Å². The van der Waals surface area contributed by atoms with E-state index in [2.05, 4.69) is 3.21 Å². The Morgan fingerprint density at radius 2 is 1.98 bits per heavy atom. The van der Waals surface area contributed by atoms with Crippen LogP contribution in [0.5, 0.6) is 0 Å². The van der Waals surface area contributed by atoms with Gasteiger partial charge in [0.15, 0.2) is 3.63 Å². The first-order valence-corrected chi connectivity index (χ1v) is 16.4. The first-order chi connectivity index (χ1) is 20.5. The van der Waals surface area contributed by atoms with Crippen LogP contribution in [-0.4, -0.2) is 76.5 Å². The molecule has 1 saturated heterocycles. The normalized spacial score (nSPS) is 26.0. The second-order valence-corrected chi connectivity index (χ2v) is 13.1. The Morgan fingerprint density at radius 1 is 1.23 bits per heavy atom. The van der Waals surface area contributed by atoms with E-state index in [-0.39, 0.29) is 36.2 Å². The summed E-state index contributed by atoms with van der Waals surface area (Å²) < 4.78 is 65.1. The van der Waals surface area contributed by atoms with Gasteiger partial charge in [0.05, 0.1) is 45.8 Å². The predicted octanol–water partition coefficient (Wildman–Crippen LogP) is 5.80. The van der Waals surface area contributed by atoms with Gasteiger partial charge in [0.2, 0.25) is 5.91 Å². The van der Waals surface area contributed by atoms with E-state index in [0.29, 0.717) is 48.9 Å². The Balaban J connectivity index is 1.51. The summed E-state index contributed by atoms with van der Waals surface area (Å²) in [4.78, 5) is 27.5. The molecule has 0 spiro atoms. The second-order valence-electron chi connectivity index (χ2n) is 10.6. The standard InChI is InChI=1S/C29H32ClF3IN3O6/c1-3-42-21-6-4-5-18(26(21)41-2)25-19-14-17(30)7-8-20(19)37-27(35-34-28(37)29(31,32)33)22(43-25)15-23(38)36-11-9-16(10-12-36)13-24(39)40/h4-8,14,16,18,22,25-26H,3,9-13,15H2,1-2H3,(H,39,40)/t18?,22-,25-,26?/m1/s1. The molecule has 1 amide bonds. The molecule has 1 fully saturated rings. The molecule has 0 aromatic heterocycles. The summed E-state index contributed by atoms with van der Waals surface area (Å²) in [5.74, 6) is -1.12. The second kappa shape index (κ2) is 13.2. The molecule has 4 atom stereocenters. The molecule has 4 aliphatic rings. The van der Waals surface area contributed by atoms with Crippen LogP contribution in [0.1, 0.15) is 44.3 Å². The molecule has 1 aromatic carbocycles. The van der Waals surface area contributed by atoms with Crippen LogP contribution in [0.2, 0.25) is 5.02 Å². The third-order valence-electron chi connectivity index (χ3n) is 7.93. The van der Waals surface area contributed by atoms with Crippen molar-refractivity contribution < 1.29 is 42.1 Å². The summed E-state index contributed by atoms with van der Waals surface area (Å²) in [5.41, 5.74) is 0.671. The highest BCUT2D eigenvalue weighted by atomic mass is 127. The van der Waals surface area contributed by atoms with Crippen molar-refractivity contribution in [3.05, 3.63) is 52.8 Å². The molecule has 1 aliphatic carbocycles. The number of carboxylic acids is 1. The van der Waals surface area contributed by atoms with Crippen molar-refractivity contribution in [1.82, 2.24) is 4.90 Å². The van der Waals surface area contributed by atoms with E-state index in [1.165, 1.54) is 19.2 Å². The van der Waals surface area contributed by atoms with Gasteiger partial charge in [0.1, 0.15) is 23.8 Å². The van der Waals surface area contributed by atoms with Crippen molar-refractivity contribution in [3.8, 4) is 0 Å². The lowest BCUT2D eigenvalue weighted by atomic mass is 9.86. The fourth-order valence-electron chi connectivity index (χ4n) is 5.98. The number of rotatable bonds is 8. The fourth-order valence-corrected chi connectivity index (χ4v) is 8.16. The number of hydrogen-bond acceptors (Lipinski definition) is 7. The Bertz CT molecular complexity index is 1380. The largest absolute Gasteiger partial charge is 0.495 e. The van der Waals surface area contributed by atoms with Crippen LogP contribution in [0.15, 0.2) is 45.4 Å². The van der Waals surface area contributed by atoms with Crippen molar-refractivity contribution >= 4 is 59.6 Å². The number of halogens is 5. The van der Waals surface area contributed by atoms with Crippen molar-refractivity contribution in [3.63, 3.8) is 0 Å². The van der Waals surface area contributed by atoms with E-state index in [0.717, 1.165) is 4.90 Å². The number of piperidine rings is 1. The number of allylic oxidation sites excluding steroid dienone is 2. The van der Waals surface area contributed by atoms with E-state index in [1.807, 2.05) is 13.0 Å². The number of carboxylic acid groups (broad SMARTS) is 1. The average molecular weight is 738 g/mol. The first-order valence-electron chi connectivity index (χ1n) is 14.0. The minimum atomic E-state index is -4.64. The van der Waals surface area contributed by atoms with Crippen molar-refractivity contribution in [2.45, 2.75) is 57.1 Å². The zero-order valence-corrected chi connectivity index (χ0v) is 26.4. The zero-order valence-electron chi connectivity index (χ0n) is 23.5. The first kappa shape index (κ1) is 31.9. The topological polar surface area (TPSA) is 101 Å². The number of anilines is 1. The van der Waals surface area contributed by atoms with Gasteiger partial charge in [-0.3, -0.25) is 14.5 Å². The molecule has 1 N–H and O–H groups in total. The predicted molar refractivity (Wildman–Crippen MR) is 163 cm³/mol. The lowest BCUT2D eigenvalue weighted by Crippen LogP contribution is -2.48. The van der Waals surface area contributed by atoms with Gasteiger partial charge in [-0.25, -0.2) is 3.21 Å². The monoisotopic (exact) mass is 737 g/mol. The minimum Gasteiger partial charge on any atom is -0.495 e. The highest BCUT2D eigenvalue weighted by Crippen LogP contribution is 2.47. The van der Waals surface area contributed by atoms with Crippen molar-refractivity contribution in [2.75, 3.05) is 31.7 Å². The van der Waals surface area contributed by atoms with Crippen LogP contribution in [0.3, 0.4) is 0 Å². The Labute approximate surface area is 262 Å². The maximum atomic E-state index is 14.4. The number of likely N-dealkylation sites (tertiary alicyclic amines) is 1. The molecule has 0 radical (unpaired) electrons. The molecule has 1 aromatic rings. The lowest BCUT2D eigenvalue weighted by Gasteiger charge is -2.35. The zero-order chi connectivity index (χ0) is 30.9. The summed E-state index contributed by atoms with van der Waals surface area (Å²) >= 11 is 4.60. The Hall–Kier alpha value is -2.49. The van der Waals surface area contributed by atoms with Crippen LogP contribution < -0.4 is 4.90 Å². The number of amidine groups is 1. The summed E-state index contributed by atoms with van der Waals surface area (Å²) in [7, 11) is 1.52. The molecule has 14 heteroatoms. The van der Waals surface area contributed by atoms with Gasteiger partial charge in [-0.05, 0) is 50.0 Å². The van der Waals surface area contributed by atoms with Gasteiger partial charge in [0.25, 0.3) is 0 Å².